The van der Waals surface area contributed by atoms with Crippen molar-refractivity contribution in [2.75, 3.05) is 13.2 Å². The Hall–Kier alpha value is -1.49. The Balaban J connectivity index is 2.51. The topological polar surface area (TPSA) is 75.1 Å². The van der Waals surface area contributed by atoms with Crippen LogP contribution >= 0.6 is 0 Å². The molecular weight excluding hydrogens is 242 g/mol. The summed E-state index contributed by atoms with van der Waals surface area (Å²) in [6, 6.07) is 1.78. The fourth-order valence-corrected chi connectivity index (χ4v) is 1.81. The van der Waals surface area contributed by atoms with Crippen molar-refractivity contribution in [2.45, 2.75) is 40.0 Å². The van der Waals surface area contributed by atoms with Crippen LogP contribution in [0.3, 0.4) is 0 Å². The van der Waals surface area contributed by atoms with Crippen LogP contribution in [0.5, 0.6) is 0 Å². The lowest BCUT2D eigenvalue weighted by Gasteiger charge is -2.10. The summed E-state index contributed by atoms with van der Waals surface area (Å²) in [5, 5.41) is 19.8. The third-order valence-electron chi connectivity index (χ3n) is 3.04. The van der Waals surface area contributed by atoms with Crippen molar-refractivity contribution >= 4 is 5.91 Å². The zero-order valence-corrected chi connectivity index (χ0v) is 11.9. The Bertz CT molecular complexity index is 421. The van der Waals surface area contributed by atoms with Gasteiger partial charge in [0.15, 0.2) is 0 Å². The largest absolute Gasteiger partial charge is 0.396 e. The lowest BCUT2D eigenvalue weighted by atomic mass is 10.1. The van der Waals surface area contributed by atoms with Gasteiger partial charge in [0.25, 0.3) is 5.91 Å². The van der Waals surface area contributed by atoms with E-state index in [2.05, 4.69) is 15.5 Å². The summed E-state index contributed by atoms with van der Waals surface area (Å²) >= 11 is 0. The quantitative estimate of drug-likeness (QED) is 0.732. The smallest absolute Gasteiger partial charge is 0.253 e. The Labute approximate surface area is 114 Å². The minimum absolute atomic E-state index is 0.0912. The number of aryl methyl sites for hydroxylation is 2. The summed E-state index contributed by atoms with van der Waals surface area (Å²) in [4.78, 5) is 12.1. The van der Waals surface area contributed by atoms with Gasteiger partial charge in [-0.25, -0.2) is 0 Å². The number of aliphatic hydroxyl groups is 1. The lowest BCUT2D eigenvalue weighted by Crippen LogP contribution is -2.26. The van der Waals surface area contributed by atoms with Crippen LogP contribution in [0.2, 0.25) is 0 Å². The van der Waals surface area contributed by atoms with Crippen LogP contribution in [0.25, 0.3) is 0 Å². The number of hydrogen-bond donors (Lipinski definition) is 2. The summed E-state index contributed by atoms with van der Waals surface area (Å²) in [6.45, 7) is 6.59. The summed E-state index contributed by atoms with van der Waals surface area (Å²) in [5.41, 5.74) is 2.09. The van der Waals surface area contributed by atoms with Crippen molar-refractivity contribution in [3.8, 4) is 0 Å². The highest BCUT2D eigenvalue weighted by atomic mass is 16.3. The molecule has 19 heavy (non-hydrogen) atoms. The van der Waals surface area contributed by atoms with E-state index in [-0.39, 0.29) is 18.4 Å². The van der Waals surface area contributed by atoms with Gasteiger partial charge in [-0.1, -0.05) is 13.8 Å². The first kappa shape index (κ1) is 15.6. The first-order valence-corrected chi connectivity index (χ1v) is 6.80. The van der Waals surface area contributed by atoms with Crippen molar-refractivity contribution in [1.29, 1.82) is 0 Å². The Morgan fingerprint density at radius 3 is 2.84 bits per heavy atom. The molecule has 0 aliphatic heterocycles. The molecule has 0 spiro atoms. The molecule has 1 amide bonds. The monoisotopic (exact) mass is 265 g/mol. The van der Waals surface area contributed by atoms with E-state index in [4.69, 9.17) is 5.11 Å². The fraction of sp³-hybridized carbons (Fsp3) is 0.643. The van der Waals surface area contributed by atoms with Crippen LogP contribution in [-0.2, 0) is 6.42 Å². The van der Waals surface area contributed by atoms with Gasteiger partial charge in [0.05, 0.1) is 17.0 Å². The maximum absolute atomic E-state index is 12.1. The molecule has 1 aromatic heterocycles. The molecular formula is C14H23N3O2. The molecule has 0 bridgehead atoms. The summed E-state index contributed by atoms with van der Waals surface area (Å²) in [5.74, 6) is 0.194. The maximum atomic E-state index is 12.1. The average molecular weight is 265 g/mol. The van der Waals surface area contributed by atoms with Crippen molar-refractivity contribution in [3.63, 3.8) is 0 Å². The summed E-state index contributed by atoms with van der Waals surface area (Å²) in [7, 11) is 0. The van der Waals surface area contributed by atoms with E-state index < -0.39 is 0 Å². The van der Waals surface area contributed by atoms with Gasteiger partial charge in [-0.05, 0) is 38.2 Å². The van der Waals surface area contributed by atoms with E-state index in [0.29, 0.717) is 18.5 Å². The number of aliphatic hydroxyl groups excluding tert-OH is 1. The van der Waals surface area contributed by atoms with Gasteiger partial charge in [0, 0.05) is 13.2 Å². The van der Waals surface area contributed by atoms with Gasteiger partial charge in [-0.15, -0.1) is 0 Å². The van der Waals surface area contributed by atoms with E-state index in [1.165, 1.54) is 0 Å². The zero-order valence-electron chi connectivity index (χ0n) is 11.9. The molecule has 1 aromatic rings. The van der Waals surface area contributed by atoms with Gasteiger partial charge in [-0.3, -0.25) is 4.79 Å². The van der Waals surface area contributed by atoms with Crippen LogP contribution in [0.1, 0.15) is 48.4 Å². The molecule has 0 aliphatic carbocycles. The van der Waals surface area contributed by atoms with E-state index >= 15 is 0 Å². The predicted molar refractivity (Wildman–Crippen MR) is 74.0 cm³/mol. The van der Waals surface area contributed by atoms with Gasteiger partial charge in [-0.2, -0.15) is 10.2 Å². The predicted octanol–water partition coefficient (Wildman–Crippen LogP) is 1.49. The van der Waals surface area contributed by atoms with Crippen LogP contribution in [0.4, 0.5) is 0 Å². The van der Waals surface area contributed by atoms with E-state index in [1.54, 1.807) is 6.07 Å². The highest BCUT2D eigenvalue weighted by Crippen LogP contribution is 2.08. The SMILES string of the molecule is CCc1nnc(C)cc1C(=O)NCCCC(C)CO. The number of amides is 1. The fourth-order valence-electron chi connectivity index (χ4n) is 1.81. The van der Waals surface area contributed by atoms with Crippen molar-refractivity contribution in [2.24, 2.45) is 5.92 Å². The lowest BCUT2D eigenvalue weighted by molar-refractivity contribution is 0.0950. The second-order valence-corrected chi connectivity index (χ2v) is 4.89. The van der Waals surface area contributed by atoms with E-state index in [1.807, 2.05) is 20.8 Å². The zero-order chi connectivity index (χ0) is 14.3. The highest BCUT2D eigenvalue weighted by Gasteiger charge is 2.12. The minimum atomic E-state index is -0.0912. The molecule has 1 unspecified atom stereocenters. The first-order valence-electron chi connectivity index (χ1n) is 6.80. The molecule has 1 rings (SSSR count). The van der Waals surface area contributed by atoms with Gasteiger partial charge >= 0.3 is 0 Å². The molecule has 5 heteroatoms. The molecule has 106 valence electrons. The van der Waals surface area contributed by atoms with Gasteiger partial charge in [0.1, 0.15) is 0 Å². The van der Waals surface area contributed by atoms with Crippen LogP contribution in [-0.4, -0.2) is 34.4 Å². The number of carbonyl (C=O) groups excluding carboxylic acids is 1. The molecule has 0 saturated heterocycles. The van der Waals surface area contributed by atoms with Crippen molar-refractivity contribution in [3.05, 3.63) is 23.0 Å². The van der Waals surface area contributed by atoms with Crippen LogP contribution in [0.15, 0.2) is 6.07 Å². The molecule has 5 nitrogen and oxygen atoms in total. The third-order valence-corrected chi connectivity index (χ3v) is 3.04. The molecule has 1 heterocycles. The number of hydrogen-bond acceptors (Lipinski definition) is 4. The molecule has 2 N–H and O–H groups in total. The summed E-state index contributed by atoms with van der Waals surface area (Å²) in [6.07, 6.45) is 2.47. The van der Waals surface area contributed by atoms with Crippen LogP contribution < -0.4 is 5.32 Å². The molecule has 1 atom stereocenters. The molecule has 0 aromatic carbocycles. The Morgan fingerprint density at radius 2 is 2.21 bits per heavy atom. The molecule has 0 radical (unpaired) electrons. The second-order valence-electron chi connectivity index (χ2n) is 4.89. The number of rotatable bonds is 7. The Kier molecular flexibility index (Phi) is 6.42. The average Bonchev–Trinajstić information content (AvgIpc) is 2.42. The van der Waals surface area contributed by atoms with E-state index in [9.17, 15) is 4.79 Å². The van der Waals surface area contributed by atoms with Crippen molar-refractivity contribution in [1.82, 2.24) is 15.5 Å². The minimum Gasteiger partial charge on any atom is -0.396 e. The van der Waals surface area contributed by atoms with E-state index in [0.717, 1.165) is 24.2 Å². The number of carbonyl (C=O) groups is 1. The standard InChI is InChI=1S/C14H23N3O2/c1-4-13-12(8-11(3)16-17-13)14(19)15-7-5-6-10(2)9-18/h8,10,18H,4-7,9H2,1-3H3,(H,15,19). The number of aromatic nitrogens is 2. The van der Waals surface area contributed by atoms with Crippen LogP contribution in [0, 0.1) is 12.8 Å². The summed E-state index contributed by atoms with van der Waals surface area (Å²) < 4.78 is 0. The number of nitrogens with one attached hydrogen (secondary N) is 1. The maximum Gasteiger partial charge on any atom is 0.253 e. The highest BCUT2D eigenvalue weighted by molar-refractivity contribution is 5.95. The van der Waals surface area contributed by atoms with Crippen molar-refractivity contribution < 1.29 is 9.90 Å². The van der Waals surface area contributed by atoms with Gasteiger partial charge in [0.2, 0.25) is 0 Å². The van der Waals surface area contributed by atoms with Gasteiger partial charge < -0.3 is 10.4 Å². The normalized spacial score (nSPS) is 12.2. The Morgan fingerprint density at radius 1 is 1.47 bits per heavy atom. The molecule has 0 fully saturated rings. The molecule has 0 saturated carbocycles. The first-order chi connectivity index (χ1) is 9.08. The third kappa shape index (κ3) is 4.95. The second kappa shape index (κ2) is 7.84. The molecule has 0 aliphatic rings. The number of nitrogens with zero attached hydrogens (tertiary/aromatic N) is 2.